The lowest BCUT2D eigenvalue weighted by atomic mass is 10.0. The maximum absolute atomic E-state index is 12.2. The van der Waals surface area contributed by atoms with E-state index in [4.69, 9.17) is 4.42 Å². The third kappa shape index (κ3) is 4.56. The van der Waals surface area contributed by atoms with Crippen LogP contribution in [0.25, 0.3) is 0 Å². The van der Waals surface area contributed by atoms with Crippen LogP contribution in [-0.4, -0.2) is 64.8 Å². The molecule has 1 aromatic heterocycles. The molecule has 0 spiro atoms. The Kier molecular flexibility index (Phi) is 5.98. The Morgan fingerprint density at radius 2 is 2.17 bits per heavy atom. The summed E-state index contributed by atoms with van der Waals surface area (Å²) < 4.78 is 5.55. The number of carbonyl (C=O) groups is 2. The maximum atomic E-state index is 12.2. The van der Waals surface area contributed by atoms with Crippen LogP contribution in [0.5, 0.6) is 0 Å². The van der Waals surface area contributed by atoms with Crippen molar-refractivity contribution in [3.8, 4) is 0 Å². The number of aliphatic hydroxyl groups excluding tert-OH is 2. The van der Waals surface area contributed by atoms with Crippen LogP contribution in [0, 0.1) is 6.92 Å². The number of aliphatic hydroxyl groups is 2. The Morgan fingerprint density at radius 3 is 2.75 bits per heavy atom. The molecule has 24 heavy (non-hydrogen) atoms. The van der Waals surface area contributed by atoms with Crippen molar-refractivity contribution >= 4 is 11.8 Å². The van der Waals surface area contributed by atoms with E-state index < -0.39 is 17.5 Å². The molecule has 8 nitrogen and oxygen atoms in total. The molecule has 8 heteroatoms. The van der Waals surface area contributed by atoms with Gasteiger partial charge in [-0.15, -0.1) is 0 Å². The molecule has 0 radical (unpaired) electrons. The predicted octanol–water partition coefficient (Wildman–Crippen LogP) is -0.862. The van der Waals surface area contributed by atoms with Crippen molar-refractivity contribution < 1.29 is 24.2 Å². The molecular weight excluding hydrogens is 314 g/mol. The quantitative estimate of drug-likeness (QED) is 0.514. The van der Waals surface area contributed by atoms with Crippen LogP contribution < -0.4 is 10.6 Å². The number of hydrogen-bond acceptors (Lipinski definition) is 6. The van der Waals surface area contributed by atoms with Crippen molar-refractivity contribution in [1.82, 2.24) is 15.5 Å². The first-order chi connectivity index (χ1) is 11.4. The van der Waals surface area contributed by atoms with E-state index in [2.05, 4.69) is 10.6 Å². The molecule has 134 valence electrons. The van der Waals surface area contributed by atoms with E-state index >= 15 is 0 Å². The molecule has 0 aromatic carbocycles. The van der Waals surface area contributed by atoms with E-state index in [0.29, 0.717) is 19.6 Å². The van der Waals surface area contributed by atoms with Crippen LogP contribution in [-0.2, 0) is 16.1 Å². The fourth-order valence-electron chi connectivity index (χ4n) is 2.64. The maximum Gasteiger partial charge on any atom is 0.237 e. The van der Waals surface area contributed by atoms with Gasteiger partial charge in [0.2, 0.25) is 11.8 Å². The molecule has 4 N–H and O–H groups in total. The molecule has 0 saturated carbocycles. The minimum atomic E-state index is -1.11. The zero-order valence-corrected chi connectivity index (χ0v) is 14.0. The third-order valence-electron chi connectivity index (χ3n) is 4.11. The van der Waals surface area contributed by atoms with Gasteiger partial charge in [-0.3, -0.25) is 14.5 Å². The second-order valence-electron chi connectivity index (χ2n) is 6.42. The van der Waals surface area contributed by atoms with Gasteiger partial charge in [-0.1, -0.05) is 0 Å². The standard InChI is InChI=1S/C16H25N3O5/c1-11-3-4-12(24-11)8-19-6-5-17-15(23)13(19)7-14(22)18-16(2,9-20)10-21/h3-4,13,20-21H,5-10H2,1-2H3,(H,17,23)(H,18,22)/t13-/m1/s1. The number of furan rings is 1. The van der Waals surface area contributed by atoms with E-state index in [-0.39, 0.29) is 25.5 Å². The zero-order valence-electron chi connectivity index (χ0n) is 14.0. The zero-order chi connectivity index (χ0) is 17.7. The van der Waals surface area contributed by atoms with Gasteiger partial charge in [0.05, 0.1) is 37.8 Å². The van der Waals surface area contributed by atoms with E-state index in [1.807, 2.05) is 24.0 Å². The van der Waals surface area contributed by atoms with Crippen LogP contribution in [0.15, 0.2) is 16.5 Å². The predicted molar refractivity (Wildman–Crippen MR) is 86.0 cm³/mol. The number of aryl methyl sites for hydroxylation is 1. The molecule has 0 unspecified atom stereocenters. The summed E-state index contributed by atoms with van der Waals surface area (Å²) in [5, 5.41) is 23.9. The number of amides is 2. The van der Waals surface area contributed by atoms with Crippen molar-refractivity contribution in [2.45, 2.75) is 38.4 Å². The molecule has 1 aromatic rings. The van der Waals surface area contributed by atoms with Gasteiger partial charge in [0, 0.05) is 13.1 Å². The number of nitrogens with zero attached hydrogens (tertiary/aromatic N) is 1. The molecule has 1 fully saturated rings. The number of piperazine rings is 1. The SMILES string of the molecule is Cc1ccc(CN2CCNC(=O)[C@H]2CC(=O)NC(C)(CO)CO)o1. The highest BCUT2D eigenvalue weighted by atomic mass is 16.3. The first-order valence-electron chi connectivity index (χ1n) is 7.96. The fourth-order valence-corrected chi connectivity index (χ4v) is 2.64. The number of hydrogen-bond donors (Lipinski definition) is 4. The highest BCUT2D eigenvalue weighted by Crippen LogP contribution is 2.16. The van der Waals surface area contributed by atoms with Gasteiger partial charge in [-0.2, -0.15) is 0 Å². The Labute approximate surface area is 140 Å². The first kappa shape index (κ1) is 18.4. The molecule has 1 saturated heterocycles. The topological polar surface area (TPSA) is 115 Å². The molecule has 0 bridgehead atoms. The Hall–Kier alpha value is -1.90. The normalized spacial score (nSPS) is 19.2. The monoisotopic (exact) mass is 339 g/mol. The number of nitrogens with one attached hydrogen (secondary N) is 2. The Morgan fingerprint density at radius 1 is 1.46 bits per heavy atom. The van der Waals surface area contributed by atoms with Crippen molar-refractivity contribution in [2.24, 2.45) is 0 Å². The van der Waals surface area contributed by atoms with Gasteiger partial charge >= 0.3 is 0 Å². The summed E-state index contributed by atoms with van der Waals surface area (Å²) >= 11 is 0. The number of rotatable bonds is 7. The van der Waals surface area contributed by atoms with Gasteiger partial charge in [0.15, 0.2) is 0 Å². The van der Waals surface area contributed by atoms with Crippen LogP contribution >= 0.6 is 0 Å². The Bertz CT molecular complexity index is 582. The van der Waals surface area contributed by atoms with Crippen LogP contribution in [0.1, 0.15) is 24.9 Å². The second kappa shape index (κ2) is 7.78. The average Bonchev–Trinajstić information content (AvgIpc) is 2.95. The molecule has 0 aliphatic carbocycles. The molecule has 2 rings (SSSR count). The lowest BCUT2D eigenvalue weighted by molar-refractivity contribution is -0.135. The van der Waals surface area contributed by atoms with Crippen molar-refractivity contribution in [3.05, 3.63) is 23.7 Å². The Balaban J connectivity index is 2.03. The molecule has 2 amide bonds. The highest BCUT2D eigenvalue weighted by Gasteiger charge is 2.34. The average molecular weight is 339 g/mol. The number of carbonyl (C=O) groups excluding carboxylic acids is 2. The first-order valence-corrected chi connectivity index (χ1v) is 7.96. The summed E-state index contributed by atoms with van der Waals surface area (Å²) in [5.41, 5.74) is -1.11. The molecule has 1 atom stereocenters. The minimum absolute atomic E-state index is 0.0545. The summed E-state index contributed by atoms with van der Waals surface area (Å²) in [7, 11) is 0. The van der Waals surface area contributed by atoms with Crippen LogP contribution in [0.3, 0.4) is 0 Å². The van der Waals surface area contributed by atoms with Crippen molar-refractivity contribution in [2.75, 3.05) is 26.3 Å². The van der Waals surface area contributed by atoms with E-state index in [1.54, 1.807) is 0 Å². The lowest BCUT2D eigenvalue weighted by Gasteiger charge is -2.35. The van der Waals surface area contributed by atoms with Crippen LogP contribution in [0.2, 0.25) is 0 Å². The van der Waals surface area contributed by atoms with E-state index in [0.717, 1.165) is 11.5 Å². The minimum Gasteiger partial charge on any atom is -0.465 e. The van der Waals surface area contributed by atoms with Gasteiger partial charge in [-0.05, 0) is 26.0 Å². The summed E-state index contributed by atoms with van der Waals surface area (Å²) in [4.78, 5) is 26.3. The molecule has 1 aliphatic heterocycles. The second-order valence-corrected chi connectivity index (χ2v) is 6.42. The summed E-state index contributed by atoms with van der Waals surface area (Å²) in [6.07, 6.45) is -0.0545. The fraction of sp³-hybridized carbons (Fsp3) is 0.625. The van der Waals surface area contributed by atoms with Crippen molar-refractivity contribution in [1.29, 1.82) is 0 Å². The molecular formula is C16H25N3O5. The summed E-state index contributed by atoms with van der Waals surface area (Å²) in [6.45, 7) is 4.18. The smallest absolute Gasteiger partial charge is 0.237 e. The van der Waals surface area contributed by atoms with Gasteiger partial charge in [0.25, 0.3) is 0 Å². The third-order valence-corrected chi connectivity index (χ3v) is 4.11. The molecule has 1 aliphatic rings. The summed E-state index contributed by atoms with van der Waals surface area (Å²) in [6, 6.07) is 3.09. The van der Waals surface area contributed by atoms with Gasteiger partial charge in [0.1, 0.15) is 11.5 Å². The van der Waals surface area contributed by atoms with Crippen molar-refractivity contribution in [3.63, 3.8) is 0 Å². The molecule has 2 heterocycles. The van der Waals surface area contributed by atoms with Crippen LogP contribution in [0.4, 0.5) is 0 Å². The largest absolute Gasteiger partial charge is 0.465 e. The summed E-state index contributed by atoms with van der Waals surface area (Å²) in [5.74, 6) is 0.920. The lowest BCUT2D eigenvalue weighted by Crippen LogP contribution is -2.58. The van der Waals surface area contributed by atoms with Gasteiger partial charge < -0.3 is 25.3 Å². The van der Waals surface area contributed by atoms with E-state index in [9.17, 15) is 19.8 Å². The van der Waals surface area contributed by atoms with Gasteiger partial charge in [-0.25, -0.2) is 0 Å². The highest BCUT2D eigenvalue weighted by molar-refractivity contribution is 5.89. The van der Waals surface area contributed by atoms with E-state index in [1.165, 1.54) is 6.92 Å².